The molecule has 0 aliphatic carbocycles. The molecule has 116 valence electrons. The van der Waals surface area contributed by atoms with Crippen LogP contribution in [0.1, 0.15) is 0 Å². The van der Waals surface area contributed by atoms with Crippen molar-refractivity contribution >= 4 is 40.8 Å². The summed E-state index contributed by atoms with van der Waals surface area (Å²) in [7, 11) is 0. The molecular weight excluding hydrogens is 337 g/mol. The number of aromatic nitrogens is 3. The van der Waals surface area contributed by atoms with Gasteiger partial charge in [0.15, 0.2) is 5.82 Å². The fourth-order valence-electron chi connectivity index (χ4n) is 1.92. The molecule has 0 fully saturated rings. The van der Waals surface area contributed by atoms with E-state index in [2.05, 4.69) is 20.3 Å². The van der Waals surface area contributed by atoms with Crippen molar-refractivity contribution in [3.05, 3.63) is 52.5 Å². The van der Waals surface area contributed by atoms with Crippen molar-refractivity contribution in [3.63, 3.8) is 0 Å². The lowest BCUT2D eigenvalue weighted by atomic mass is 10.2. The van der Waals surface area contributed by atoms with Crippen LogP contribution in [0, 0.1) is 0 Å². The maximum atomic E-state index is 9.96. The minimum atomic E-state index is -0.00237. The smallest absolute Gasteiger partial charge is 0.232 e. The van der Waals surface area contributed by atoms with Gasteiger partial charge in [0.05, 0.1) is 5.56 Å². The van der Waals surface area contributed by atoms with Crippen LogP contribution >= 0.6 is 23.2 Å². The number of hydrogen-bond acceptors (Lipinski definition) is 6. The molecular formula is C15H11Cl2N5O. The van der Waals surface area contributed by atoms with E-state index in [1.54, 1.807) is 36.4 Å². The summed E-state index contributed by atoms with van der Waals surface area (Å²) in [4.78, 5) is 12.3. The molecule has 0 aliphatic heterocycles. The quantitative estimate of drug-likeness (QED) is 0.665. The number of anilines is 3. The van der Waals surface area contributed by atoms with Gasteiger partial charge in [-0.05, 0) is 42.5 Å². The molecule has 1 heterocycles. The molecule has 0 aliphatic rings. The lowest BCUT2D eigenvalue weighted by Crippen LogP contribution is -2.05. The first-order valence-electron chi connectivity index (χ1n) is 6.54. The van der Waals surface area contributed by atoms with E-state index in [0.717, 1.165) is 5.69 Å². The fourth-order valence-corrected chi connectivity index (χ4v) is 2.22. The van der Waals surface area contributed by atoms with Gasteiger partial charge in [-0.3, -0.25) is 0 Å². The number of nitrogen functional groups attached to an aromatic ring is 1. The number of nitrogens with zero attached hydrogens (tertiary/aromatic N) is 3. The molecule has 2 aromatic carbocycles. The van der Waals surface area contributed by atoms with E-state index >= 15 is 0 Å². The molecule has 3 rings (SSSR count). The maximum Gasteiger partial charge on any atom is 0.232 e. The molecule has 4 N–H and O–H groups in total. The van der Waals surface area contributed by atoms with Crippen molar-refractivity contribution in [1.29, 1.82) is 0 Å². The number of halogens is 2. The van der Waals surface area contributed by atoms with Gasteiger partial charge in [0.25, 0.3) is 0 Å². The third-order valence-electron chi connectivity index (χ3n) is 2.95. The van der Waals surface area contributed by atoms with Crippen LogP contribution < -0.4 is 11.1 Å². The minimum absolute atomic E-state index is 0.00237. The predicted molar refractivity (Wildman–Crippen MR) is 91.1 cm³/mol. The number of nitrogens with two attached hydrogens (primary N) is 1. The molecule has 0 spiro atoms. The van der Waals surface area contributed by atoms with Gasteiger partial charge < -0.3 is 16.2 Å². The number of benzene rings is 2. The van der Waals surface area contributed by atoms with Gasteiger partial charge >= 0.3 is 0 Å². The van der Waals surface area contributed by atoms with Crippen LogP contribution in [-0.4, -0.2) is 20.1 Å². The molecule has 23 heavy (non-hydrogen) atoms. The van der Waals surface area contributed by atoms with Crippen molar-refractivity contribution in [1.82, 2.24) is 15.0 Å². The van der Waals surface area contributed by atoms with Gasteiger partial charge in [-0.25, -0.2) is 0 Å². The summed E-state index contributed by atoms with van der Waals surface area (Å²) >= 11 is 11.8. The number of phenolic OH excluding ortho intramolecular Hbond substituents is 1. The second-order valence-electron chi connectivity index (χ2n) is 4.63. The number of nitrogens with one attached hydrogen (secondary N) is 1. The minimum Gasteiger partial charge on any atom is -0.507 e. The number of phenols is 1. The van der Waals surface area contributed by atoms with E-state index in [1.165, 1.54) is 6.07 Å². The van der Waals surface area contributed by atoms with Crippen LogP contribution in [0.3, 0.4) is 0 Å². The summed E-state index contributed by atoms with van der Waals surface area (Å²) in [5.74, 6) is 0.478. The Morgan fingerprint density at radius 2 is 1.61 bits per heavy atom. The normalized spacial score (nSPS) is 10.5. The van der Waals surface area contributed by atoms with E-state index in [1.807, 2.05) is 0 Å². The molecule has 0 bridgehead atoms. The van der Waals surface area contributed by atoms with E-state index in [9.17, 15) is 5.11 Å². The standard InChI is InChI=1S/C15H11Cl2N5O/c16-8-1-4-10(5-2-8)19-15-21-13(20-14(18)22-15)11-7-9(17)3-6-12(11)23/h1-7,23H,(H3,18,19,20,21,22). The highest BCUT2D eigenvalue weighted by Gasteiger charge is 2.12. The molecule has 0 amide bonds. The van der Waals surface area contributed by atoms with E-state index in [0.29, 0.717) is 15.6 Å². The Morgan fingerprint density at radius 3 is 2.35 bits per heavy atom. The topological polar surface area (TPSA) is 97.0 Å². The Hall–Kier alpha value is -2.57. The zero-order chi connectivity index (χ0) is 16.4. The summed E-state index contributed by atoms with van der Waals surface area (Å²) in [5, 5.41) is 14.0. The molecule has 0 saturated carbocycles. The average Bonchev–Trinajstić information content (AvgIpc) is 2.51. The van der Waals surface area contributed by atoms with Crippen LogP contribution in [-0.2, 0) is 0 Å². The van der Waals surface area contributed by atoms with Crippen LogP contribution in [0.25, 0.3) is 11.4 Å². The molecule has 3 aromatic rings. The molecule has 8 heteroatoms. The van der Waals surface area contributed by atoms with Crippen LogP contribution in [0.5, 0.6) is 5.75 Å². The van der Waals surface area contributed by atoms with Gasteiger partial charge in [-0.2, -0.15) is 15.0 Å². The monoisotopic (exact) mass is 347 g/mol. The first-order chi connectivity index (χ1) is 11.0. The summed E-state index contributed by atoms with van der Waals surface area (Å²) in [5.41, 5.74) is 6.83. The van der Waals surface area contributed by atoms with Crippen molar-refractivity contribution in [2.24, 2.45) is 0 Å². The van der Waals surface area contributed by atoms with Crippen LogP contribution in [0.4, 0.5) is 17.6 Å². The zero-order valence-corrected chi connectivity index (χ0v) is 13.2. The second-order valence-corrected chi connectivity index (χ2v) is 5.51. The van der Waals surface area contributed by atoms with Gasteiger partial charge in [-0.15, -0.1) is 0 Å². The molecule has 1 aromatic heterocycles. The number of hydrogen-bond donors (Lipinski definition) is 3. The van der Waals surface area contributed by atoms with Gasteiger partial charge in [0, 0.05) is 15.7 Å². The van der Waals surface area contributed by atoms with Crippen molar-refractivity contribution in [2.45, 2.75) is 0 Å². The molecule has 0 unspecified atom stereocenters. The first kappa shape index (κ1) is 15.3. The average molecular weight is 348 g/mol. The summed E-state index contributed by atoms with van der Waals surface area (Å²) in [6.07, 6.45) is 0. The van der Waals surface area contributed by atoms with Crippen molar-refractivity contribution in [3.8, 4) is 17.1 Å². The Labute approximate surface area is 141 Å². The SMILES string of the molecule is Nc1nc(Nc2ccc(Cl)cc2)nc(-c2cc(Cl)ccc2O)n1. The predicted octanol–water partition coefficient (Wildman–Crippen LogP) is 3.88. The summed E-state index contributed by atoms with van der Waals surface area (Å²) in [6.45, 7) is 0. The van der Waals surface area contributed by atoms with Gasteiger partial charge in [0.2, 0.25) is 11.9 Å². The highest BCUT2D eigenvalue weighted by molar-refractivity contribution is 6.31. The maximum absolute atomic E-state index is 9.96. The van der Waals surface area contributed by atoms with Crippen LogP contribution in [0.15, 0.2) is 42.5 Å². The second kappa shape index (κ2) is 6.28. The Bertz CT molecular complexity index is 855. The number of rotatable bonds is 3. The van der Waals surface area contributed by atoms with Crippen molar-refractivity contribution in [2.75, 3.05) is 11.1 Å². The zero-order valence-electron chi connectivity index (χ0n) is 11.7. The number of aromatic hydroxyl groups is 1. The molecule has 6 nitrogen and oxygen atoms in total. The Balaban J connectivity index is 1.99. The molecule has 0 atom stereocenters. The van der Waals surface area contributed by atoms with Gasteiger partial charge in [-0.1, -0.05) is 23.2 Å². The molecule has 0 saturated heterocycles. The van der Waals surface area contributed by atoms with E-state index in [-0.39, 0.29) is 23.5 Å². The summed E-state index contributed by atoms with van der Waals surface area (Å²) in [6, 6.07) is 11.6. The highest BCUT2D eigenvalue weighted by atomic mass is 35.5. The lowest BCUT2D eigenvalue weighted by molar-refractivity contribution is 0.477. The lowest BCUT2D eigenvalue weighted by Gasteiger charge is -2.08. The molecule has 0 radical (unpaired) electrons. The highest BCUT2D eigenvalue weighted by Crippen LogP contribution is 2.30. The third kappa shape index (κ3) is 3.61. The van der Waals surface area contributed by atoms with Crippen molar-refractivity contribution < 1.29 is 5.11 Å². The first-order valence-corrected chi connectivity index (χ1v) is 7.30. The Kier molecular flexibility index (Phi) is 4.18. The largest absolute Gasteiger partial charge is 0.507 e. The third-order valence-corrected chi connectivity index (χ3v) is 3.44. The fraction of sp³-hybridized carbons (Fsp3) is 0. The Morgan fingerprint density at radius 1 is 0.913 bits per heavy atom. The van der Waals surface area contributed by atoms with Gasteiger partial charge in [0.1, 0.15) is 5.75 Å². The summed E-state index contributed by atoms with van der Waals surface area (Å²) < 4.78 is 0. The van der Waals surface area contributed by atoms with E-state index < -0.39 is 0 Å². The van der Waals surface area contributed by atoms with Crippen LogP contribution in [0.2, 0.25) is 10.0 Å². The van der Waals surface area contributed by atoms with E-state index in [4.69, 9.17) is 28.9 Å².